The van der Waals surface area contributed by atoms with Gasteiger partial charge < -0.3 is 0 Å². The molecule has 1 nitrogen and oxygen atoms in total. The molecule has 1 atom stereocenters. The van der Waals surface area contributed by atoms with Crippen LogP contribution in [0.4, 0.5) is 0 Å². The minimum absolute atomic E-state index is 0.369. The summed E-state index contributed by atoms with van der Waals surface area (Å²) in [4.78, 5) is 12.0. The van der Waals surface area contributed by atoms with E-state index < -0.39 is 0 Å². The van der Waals surface area contributed by atoms with Crippen LogP contribution in [0, 0.1) is 0 Å². The molecule has 0 unspecified atom stereocenters. The first-order chi connectivity index (χ1) is 8.75. The monoisotopic (exact) mass is 242 g/mol. The molecule has 0 saturated heterocycles. The highest BCUT2D eigenvalue weighted by molar-refractivity contribution is 5.79. The van der Waals surface area contributed by atoms with Gasteiger partial charge in [-0.2, -0.15) is 0 Å². The van der Waals surface area contributed by atoms with Gasteiger partial charge in [-0.15, -0.1) is 0 Å². The fraction of sp³-hybridized carbons (Fsp3) is 0.471. The predicted octanol–water partition coefficient (Wildman–Crippen LogP) is 4.64. The Hall–Kier alpha value is -1.37. The summed E-state index contributed by atoms with van der Waals surface area (Å²) in [7, 11) is 0. The molecule has 1 aromatic carbocycles. The quantitative estimate of drug-likeness (QED) is 0.656. The van der Waals surface area contributed by atoms with E-state index in [1.165, 1.54) is 11.1 Å². The molecule has 0 fully saturated rings. The third-order valence-electron chi connectivity index (χ3n) is 3.72. The van der Waals surface area contributed by atoms with Crippen LogP contribution in [0.5, 0.6) is 0 Å². The van der Waals surface area contributed by atoms with Crippen LogP contribution in [0.25, 0.3) is 0 Å². The van der Waals surface area contributed by atoms with Gasteiger partial charge in [-0.1, -0.05) is 42.0 Å². The van der Waals surface area contributed by atoms with E-state index in [9.17, 15) is 4.79 Å². The Bertz CT molecular complexity index is 416. The first-order valence-electron chi connectivity index (χ1n) is 6.98. The van der Waals surface area contributed by atoms with Crippen molar-refractivity contribution >= 4 is 5.78 Å². The van der Waals surface area contributed by atoms with E-state index in [4.69, 9.17) is 0 Å². The molecule has 0 aliphatic heterocycles. The van der Waals surface area contributed by atoms with Crippen molar-refractivity contribution in [3.05, 3.63) is 47.5 Å². The number of ketones is 1. The van der Waals surface area contributed by atoms with E-state index in [1.54, 1.807) is 0 Å². The second-order valence-electron chi connectivity index (χ2n) is 5.35. The fourth-order valence-electron chi connectivity index (χ4n) is 2.70. The van der Waals surface area contributed by atoms with Crippen LogP contribution < -0.4 is 0 Å². The van der Waals surface area contributed by atoms with Gasteiger partial charge in [0, 0.05) is 12.8 Å². The minimum atomic E-state index is 0.369. The van der Waals surface area contributed by atoms with E-state index >= 15 is 0 Å². The van der Waals surface area contributed by atoms with Gasteiger partial charge in [0.2, 0.25) is 0 Å². The second-order valence-corrected chi connectivity index (χ2v) is 5.35. The normalized spacial score (nSPS) is 25.3. The number of benzene rings is 1. The van der Waals surface area contributed by atoms with Crippen molar-refractivity contribution in [1.29, 1.82) is 0 Å². The summed E-state index contributed by atoms with van der Waals surface area (Å²) in [6.07, 6.45) is 8.16. The Labute approximate surface area is 110 Å². The van der Waals surface area contributed by atoms with E-state index in [2.05, 4.69) is 37.3 Å². The smallest absolute Gasteiger partial charge is 0.133 e. The summed E-state index contributed by atoms with van der Waals surface area (Å²) < 4.78 is 0. The van der Waals surface area contributed by atoms with E-state index in [1.807, 2.05) is 6.07 Å². The van der Waals surface area contributed by atoms with Crippen LogP contribution in [0.15, 0.2) is 42.0 Å². The fourth-order valence-corrected chi connectivity index (χ4v) is 2.70. The topological polar surface area (TPSA) is 17.1 Å². The molecular formula is C17H22O. The first kappa shape index (κ1) is 13.1. The number of carbonyl (C=O) groups is 1. The van der Waals surface area contributed by atoms with Crippen LogP contribution in [-0.2, 0) is 4.79 Å². The van der Waals surface area contributed by atoms with Gasteiger partial charge in [-0.25, -0.2) is 0 Å². The van der Waals surface area contributed by atoms with Gasteiger partial charge >= 0.3 is 0 Å². The molecule has 96 valence electrons. The molecule has 0 aromatic heterocycles. The van der Waals surface area contributed by atoms with Crippen LogP contribution in [-0.4, -0.2) is 5.78 Å². The molecule has 18 heavy (non-hydrogen) atoms. The lowest BCUT2D eigenvalue weighted by Crippen LogP contribution is -2.09. The van der Waals surface area contributed by atoms with Crippen molar-refractivity contribution in [2.45, 2.75) is 51.4 Å². The van der Waals surface area contributed by atoms with E-state index in [0.717, 1.165) is 32.1 Å². The van der Waals surface area contributed by atoms with Gasteiger partial charge in [0.25, 0.3) is 0 Å². The lowest BCUT2D eigenvalue weighted by atomic mass is 9.86. The third-order valence-corrected chi connectivity index (χ3v) is 3.72. The summed E-state index contributed by atoms with van der Waals surface area (Å²) >= 11 is 0. The Balaban J connectivity index is 2.18. The lowest BCUT2D eigenvalue weighted by molar-refractivity contribution is -0.119. The van der Waals surface area contributed by atoms with E-state index in [0.29, 0.717) is 18.1 Å². The number of hydrogen-bond acceptors (Lipinski definition) is 1. The van der Waals surface area contributed by atoms with Crippen LogP contribution >= 0.6 is 0 Å². The van der Waals surface area contributed by atoms with E-state index in [-0.39, 0.29) is 0 Å². The molecule has 1 aliphatic carbocycles. The molecule has 0 spiro atoms. The molecule has 0 amide bonds. The van der Waals surface area contributed by atoms with Crippen molar-refractivity contribution in [3.8, 4) is 0 Å². The number of Topliss-reactive ketones (excluding diaryl/α,β-unsaturated/α-hetero) is 1. The maximum Gasteiger partial charge on any atom is 0.133 e. The highest BCUT2D eigenvalue weighted by Crippen LogP contribution is 2.29. The van der Waals surface area contributed by atoms with Gasteiger partial charge in [-0.05, 0) is 44.1 Å². The standard InChI is InChI=1S/C17H22O/c1-14-8-4-2-7-11-17(18)13-16(12-14)15-9-5-3-6-10-15/h3,5-6,8-10,16H,2,4,7,11-13H2,1H3/b14-8+/t16-/m1/s1. The van der Waals surface area contributed by atoms with Gasteiger partial charge in [0.15, 0.2) is 0 Å². The van der Waals surface area contributed by atoms with Crippen LogP contribution in [0.3, 0.4) is 0 Å². The molecular weight excluding hydrogens is 220 g/mol. The number of rotatable bonds is 1. The van der Waals surface area contributed by atoms with Crippen molar-refractivity contribution in [1.82, 2.24) is 0 Å². The van der Waals surface area contributed by atoms with Crippen molar-refractivity contribution in [2.75, 3.05) is 0 Å². The van der Waals surface area contributed by atoms with Crippen LogP contribution in [0.1, 0.15) is 56.9 Å². The Morgan fingerprint density at radius 1 is 1.06 bits per heavy atom. The Kier molecular flexibility index (Phi) is 4.74. The minimum Gasteiger partial charge on any atom is -0.300 e. The Morgan fingerprint density at radius 2 is 1.83 bits per heavy atom. The van der Waals surface area contributed by atoms with Crippen molar-refractivity contribution in [2.24, 2.45) is 0 Å². The largest absolute Gasteiger partial charge is 0.300 e. The Morgan fingerprint density at radius 3 is 2.61 bits per heavy atom. The lowest BCUT2D eigenvalue weighted by Gasteiger charge is -2.18. The number of hydrogen-bond donors (Lipinski definition) is 0. The molecule has 0 heterocycles. The zero-order chi connectivity index (χ0) is 12.8. The molecule has 1 aromatic rings. The summed E-state index contributed by atoms with van der Waals surface area (Å²) in [6.45, 7) is 2.20. The summed E-state index contributed by atoms with van der Waals surface area (Å²) in [6, 6.07) is 10.5. The van der Waals surface area contributed by atoms with Gasteiger partial charge in [-0.3, -0.25) is 4.79 Å². The molecule has 0 radical (unpaired) electrons. The average Bonchev–Trinajstić information content (AvgIpc) is 2.38. The summed E-state index contributed by atoms with van der Waals surface area (Å²) in [5.41, 5.74) is 2.73. The molecule has 1 heteroatoms. The number of carbonyl (C=O) groups excluding carboxylic acids is 1. The van der Waals surface area contributed by atoms with Crippen molar-refractivity contribution in [3.63, 3.8) is 0 Å². The SMILES string of the molecule is C/C1=C\CCCCC(=O)C[C@H](c2ccccc2)C1. The average molecular weight is 242 g/mol. The number of allylic oxidation sites excluding steroid dienone is 2. The first-order valence-corrected chi connectivity index (χ1v) is 6.98. The molecule has 2 rings (SSSR count). The summed E-state index contributed by atoms with van der Waals surface area (Å²) in [5, 5.41) is 0. The van der Waals surface area contributed by atoms with Crippen molar-refractivity contribution < 1.29 is 4.79 Å². The molecule has 0 saturated carbocycles. The van der Waals surface area contributed by atoms with Gasteiger partial charge in [0.1, 0.15) is 5.78 Å². The molecule has 0 bridgehead atoms. The van der Waals surface area contributed by atoms with Gasteiger partial charge in [0.05, 0.1) is 0 Å². The maximum atomic E-state index is 12.0. The zero-order valence-corrected chi connectivity index (χ0v) is 11.2. The second kappa shape index (κ2) is 6.53. The molecule has 1 aliphatic rings. The molecule has 0 N–H and O–H groups in total. The highest BCUT2D eigenvalue weighted by atomic mass is 16.1. The van der Waals surface area contributed by atoms with Crippen LogP contribution in [0.2, 0.25) is 0 Å². The third kappa shape index (κ3) is 3.83. The summed E-state index contributed by atoms with van der Waals surface area (Å²) in [5.74, 6) is 0.798. The predicted molar refractivity (Wildman–Crippen MR) is 75.6 cm³/mol. The highest BCUT2D eigenvalue weighted by Gasteiger charge is 2.17. The maximum absolute atomic E-state index is 12.0. The zero-order valence-electron chi connectivity index (χ0n) is 11.2.